The third kappa shape index (κ3) is 2.23. The van der Waals surface area contributed by atoms with Crippen LogP contribution >= 0.6 is 12.2 Å². The van der Waals surface area contributed by atoms with E-state index in [0.717, 1.165) is 0 Å². The Labute approximate surface area is 111 Å². The molecule has 0 atom stereocenters. The van der Waals surface area contributed by atoms with E-state index in [1.54, 1.807) is 18.6 Å². The van der Waals surface area contributed by atoms with E-state index in [4.69, 9.17) is 12.2 Å². The number of thiocarbonyl (C=S) groups is 1. The molecule has 3 aromatic rings. The minimum absolute atomic E-state index is 0.251. The predicted molar refractivity (Wildman–Crippen MR) is 65.6 cm³/mol. The SMILES string of the molecule is S=C(Nn1ccnn1)N(n1ccnn1)n1ccnn1. The first-order valence-electron chi connectivity index (χ1n) is 5.05. The monoisotopic (exact) mass is 277 g/mol. The second-order valence-corrected chi connectivity index (χ2v) is 3.59. The maximum Gasteiger partial charge on any atom is 0.234 e. The molecule has 0 unspecified atom stereocenters. The van der Waals surface area contributed by atoms with E-state index in [9.17, 15) is 0 Å². The fourth-order valence-corrected chi connectivity index (χ4v) is 1.56. The molecule has 3 aromatic heterocycles. The van der Waals surface area contributed by atoms with Gasteiger partial charge in [-0.3, -0.25) is 0 Å². The first kappa shape index (κ1) is 11.2. The molecule has 0 aliphatic carbocycles. The van der Waals surface area contributed by atoms with E-state index in [0.29, 0.717) is 0 Å². The van der Waals surface area contributed by atoms with Gasteiger partial charge in [0.2, 0.25) is 5.11 Å². The molecule has 0 fully saturated rings. The summed E-state index contributed by atoms with van der Waals surface area (Å²) in [7, 11) is 0. The number of hydrogen-bond donors (Lipinski definition) is 1. The second-order valence-electron chi connectivity index (χ2n) is 3.20. The molecular formula is C7H7N11S. The summed E-state index contributed by atoms with van der Waals surface area (Å²) in [5, 5.41) is 24.2. The van der Waals surface area contributed by atoms with Gasteiger partial charge < -0.3 is 0 Å². The zero-order chi connectivity index (χ0) is 13.1. The van der Waals surface area contributed by atoms with Crippen molar-refractivity contribution < 1.29 is 0 Å². The van der Waals surface area contributed by atoms with Gasteiger partial charge >= 0.3 is 0 Å². The maximum absolute atomic E-state index is 5.27. The van der Waals surface area contributed by atoms with Crippen molar-refractivity contribution in [2.75, 3.05) is 10.5 Å². The van der Waals surface area contributed by atoms with Crippen LogP contribution in [0.3, 0.4) is 0 Å². The molecule has 19 heavy (non-hydrogen) atoms. The Kier molecular flexibility index (Phi) is 2.82. The highest BCUT2D eigenvalue weighted by Crippen LogP contribution is 1.94. The molecule has 0 aliphatic rings. The molecule has 11 nitrogen and oxygen atoms in total. The van der Waals surface area contributed by atoms with Crippen molar-refractivity contribution >= 4 is 17.3 Å². The molecule has 0 saturated carbocycles. The van der Waals surface area contributed by atoms with Crippen LogP contribution in [0.5, 0.6) is 0 Å². The molecule has 3 heterocycles. The van der Waals surface area contributed by atoms with Crippen molar-refractivity contribution in [3.05, 3.63) is 37.2 Å². The van der Waals surface area contributed by atoms with Crippen LogP contribution in [0.4, 0.5) is 0 Å². The van der Waals surface area contributed by atoms with Crippen LogP contribution in [0.25, 0.3) is 0 Å². The van der Waals surface area contributed by atoms with Gasteiger partial charge in [0.25, 0.3) is 0 Å². The minimum atomic E-state index is 0.251. The van der Waals surface area contributed by atoms with Crippen molar-refractivity contribution in [1.29, 1.82) is 0 Å². The van der Waals surface area contributed by atoms with Gasteiger partial charge in [-0.25, -0.2) is 5.43 Å². The predicted octanol–water partition coefficient (Wildman–Crippen LogP) is -1.61. The summed E-state index contributed by atoms with van der Waals surface area (Å²) in [5.41, 5.74) is 2.82. The molecule has 0 amide bonds. The molecule has 12 heteroatoms. The van der Waals surface area contributed by atoms with E-state index in [-0.39, 0.29) is 5.11 Å². The van der Waals surface area contributed by atoms with Crippen LogP contribution in [-0.2, 0) is 0 Å². The normalized spacial score (nSPS) is 10.3. The molecule has 0 spiro atoms. The average molecular weight is 277 g/mol. The molecule has 96 valence electrons. The van der Waals surface area contributed by atoms with E-state index in [1.165, 1.54) is 38.1 Å². The Morgan fingerprint density at radius 2 is 1.47 bits per heavy atom. The lowest BCUT2D eigenvalue weighted by molar-refractivity contribution is 0.494. The number of rotatable bonds is 3. The average Bonchev–Trinajstić information content (AvgIpc) is 3.11. The molecule has 0 saturated heterocycles. The highest BCUT2D eigenvalue weighted by atomic mass is 32.1. The van der Waals surface area contributed by atoms with Crippen LogP contribution in [-0.4, -0.2) is 50.4 Å². The van der Waals surface area contributed by atoms with E-state index in [1.807, 2.05) is 0 Å². The van der Waals surface area contributed by atoms with E-state index < -0.39 is 0 Å². The highest BCUT2D eigenvalue weighted by Gasteiger charge is 2.16. The Balaban J connectivity index is 1.89. The first-order valence-corrected chi connectivity index (χ1v) is 5.46. The molecule has 3 rings (SSSR count). The summed E-state index contributed by atoms with van der Waals surface area (Å²) in [6, 6.07) is 0. The van der Waals surface area contributed by atoms with Gasteiger partial charge in [0.15, 0.2) is 0 Å². The summed E-state index contributed by atoms with van der Waals surface area (Å²) in [4.78, 5) is 4.13. The number of nitrogens with one attached hydrogen (secondary N) is 1. The summed E-state index contributed by atoms with van der Waals surface area (Å²) in [6.07, 6.45) is 9.37. The molecule has 0 bridgehead atoms. The van der Waals surface area contributed by atoms with Crippen molar-refractivity contribution in [1.82, 2.24) is 45.3 Å². The fraction of sp³-hybridized carbons (Fsp3) is 0. The molecule has 0 aromatic carbocycles. The standard InChI is InChI=1S/C7H7N11S/c19-7(11-15-4-1-8-12-15)18(16-5-2-9-13-16)17-6-3-10-14-17/h1-6H,(H,11,19). The number of hydrogen-bond acceptors (Lipinski definition) is 7. The van der Waals surface area contributed by atoms with Gasteiger partial charge in [0.1, 0.15) is 0 Å². The Bertz CT molecular complexity index is 592. The van der Waals surface area contributed by atoms with Gasteiger partial charge in [-0.05, 0) is 27.9 Å². The summed E-state index contributed by atoms with van der Waals surface area (Å²) in [6.45, 7) is 0. The van der Waals surface area contributed by atoms with Crippen LogP contribution in [0.2, 0.25) is 0 Å². The molecule has 0 radical (unpaired) electrons. The molecule has 1 N–H and O–H groups in total. The molecule has 0 aliphatic heterocycles. The smallest absolute Gasteiger partial charge is 0.234 e. The Hall–Kier alpha value is -2.89. The van der Waals surface area contributed by atoms with Crippen molar-refractivity contribution in [3.63, 3.8) is 0 Å². The van der Waals surface area contributed by atoms with Crippen LogP contribution in [0.15, 0.2) is 37.2 Å². The van der Waals surface area contributed by atoms with Crippen molar-refractivity contribution in [2.24, 2.45) is 0 Å². The lowest BCUT2D eigenvalue weighted by atomic mass is 10.9. The van der Waals surface area contributed by atoms with Gasteiger partial charge in [-0.15, -0.1) is 30.0 Å². The van der Waals surface area contributed by atoms with Crippen molar-refractivity contribution in [2.45, 2.75) is 0 Å². The second kappa shape index (κ2) is 4.77. The number of aromatic nitrogens is 9. The zero-order valence-corrected chi connectivity index (χ0v) is 10.2. The summed E-state index contributed by atoms with van der Waals surface area (Å²) in [5.74, 6) is 0. The van der Waals surface area contributed by atoms with Gasteiger partial charge in [0.05, 0.1) is 37.2 Å². The quantitative estimate of drug-likeness (QED) is 0.566. The van der Waals surface area contributed by atoms with Crippen molar-refractivity contribution in [3.8, 4) is 0 Å². The van der Waals surface area contributed by atoms with E-state index in [2.05, 4.69) is 36.4 Å². The third-order valence-electron chi connectivity index (χ3n) is 2.02. The Morgan fingerprint density at radius 1 is 0.895 bits per heavy atom. The largest absolute Gasteiger partial charge is 0.249 e. The fourth-order valence-electron chi connectivity index (χ4n) is 1.30. The topological polar surface area (TPSA) is 107 Å². The highest BCUT2D eigenvalue weighted by molar-refractivity contribution is 7.80. The van der Waals surface area contributed by atoms with Crippen LogP contribution < -0.4 is 10.5 Å². The summed E-state index contributed by atoms with van der Waals surface area (Å²) >= 11 is 5.27. The third-order valence-corrected chi connectivity index (χ3v) is 2.28. The number of nitrogens with zero attached hydrogens (tertiary/aromatic N) is 10. The summed E-state index contributed by atoms with van der Waals surface area (Å²) < 4.78 is 0. The minimum Gasteiger partial charge on any atom is -0.249 e. The Morgan fingerprint density at radius 3 is 1.95 bits per heavy atom. The zero-order valence-electron chi connectivity index (χ0n) is 9.34. The first-order chi connectivity index (χ1) is 9.34. The molecular weight excluding hydrogens is 270 g/mol. The lowest BCUT2D eigenvalue weighted by Gasteiger charge is -2.22. The maximum atomic E-state index is 5.27. The van der Waals surface area contributed by atoms with Gasteiger partial charge in [-0.1, -0.05) is 0 Å². The van der Waals surface area contributed by atoms with E-state index >= 15 is 0 Å². The lowest BCUT2D eigenvalue weighted by Crippen LogP contribution is -2.49. The van der Waals surface area contributed by atoms with Crippen LogP contribution in [0.1, 0.15) is 0 Å². The van der Waals surface area contributed by atoms with Gasteiger partial charge in [-0.2, -0.15) is 4.79 Å². The van der Waals surface area contributed by atoms with Gasteiger partial charge in [0, 0.05) is 0 Å². The van der Waals surface area contributed by atoms with Crippen LogP contribution in [0, 0.1) is 0 Å².